The van der Waals surface area contributed by atoms with E-state index in [1.165, 1.54) is 4.68 Å². The van der Waals surface area contributed by atoms with Gasteiger partial charge in [-0.15, -0.1) is 0 Å². The lowest BCUT2D eigenvalue weighted by Gasteiger charge is -2.30. The smallest absolute Gasteiger partial charge is 0.175 e. The summed E-state index contributed by atoms with van der Waals surface area (Å²) in [5.74, 6) is 0.193. The predicted octanol–water partition coefficient (Wildman–Crippen LogP) is 2.96. The third-order valence-corrected chi connectivity index (χ3v) is 5.20. The second kappa shape index (κ2) is 7.33. The summed E-state index contributed by atoms with van der Waals surface area (Å²) < 4.78 is 22.4. The summed E-state index contributed by atoms with van der Waals surface area (Å²) in [6.45, 7) is 3.11. The molecule has 1 saturated heterocycles. The van der Waals surface area contributed by atoms with Crippen molar-refractivity contribution in [2.45, 2.75) is 25.4 Å². The number of nitrogens with one attached hydrogen (secondary N) is 1. The molecule has 1 aromatic carbocycles. The van der Waals surface area contributed by atoms with E-state index in [0.717, 1.165) is 5.69 Å². The molecule has 146 valence electrons. The largest absolute Gasteiger partial charge is 0.497 e. The summed E-state index contributed by atoms with van der Waals surface area (Å²) in [7, 11) is 1.59. The lowest BCUT2D eigenvalue weighted by atomic mass is 9.88. The Hall–Kier alpha value is -2.77. The molecule has 0 aliphatic carbocycles. The van der Waals surface area contributed by atoms with E-state index in [0.29, 0.717) is 48.6 Å². The number of pyridine rings is 1. The fourth-order valence-electron chi connectivity index (χ4n) is 3.54. The minimum absolute atomic E-state index is 0.0837. The van der Waals surface area contributed by atoms with E-state index in [4.69, 9.17) is 4.74 Å². The molecular formula is C21H23FN4O2. The molecule has 1 aliphatic heterocycles. The molecule has 1 aliphatic rings. The van der Waals surface area contributed by atoms with Crippen molar-refractivity contribution in [3.8, 4) is 22.7 Å². The maximum Gasteiger partial charge on any atom is 0.175 e. The van der Waals surface area contributed by atoms with Gasteiger partial charge < -0.3 is 15.2 Å². The van der Waals surface area contributed by atoms with Gasteiger partial charge in [0.1, 0.15) is 22.7 Å². The highest BCUT2D eigenvalue weighted by Gasteiger charge is 2.38. The van der Waals surface area contributed by atoms with E-state index in [2.05, 4.69) is 15.4 Å². The van der Waals surface area contributed by atoms with Gasteiger partial charge in [-0.25, -0.2) is 9.07 Å². The number of hydrogen-bond donors (Lipinski definition) is 2. The van der Waals surface area contributed by atoms with E-state index in [-0.39, 0.29) is 5.69 Å². The second-order valence-corrected chi connectivity index (χ2v) is 7.09. The summed E-state index contributed by atoms with van der Waals surface area (Å²) >= 11 is 0. The van der Waals surface area contributed by atoms with Gasteiger partial charge >= 0.3 is 0 Å². The average Bonchev–Trinajstić information content (AvgIpc) is 3.07. The van der Waals surface area contributed by atoms with Crippen LogP contribution < -0.4 is 10.1 Å². The molecule has 6 nitrogen and oxygen atoms in total. The Kier molecular flexibility index (Phi) is 4.87. The summed E-state index contributed by atoms with van der Waals surface area (Å²) in [6, 6.07) is 10.9. The van der Waals surface area contributed by atoms with Crippen LogP contribution in [0.5, 0.6) is 5.75 Å². The quantitative estimate of drug-likeness (QED) is 0.726. The highest BCUT2D eigenvalue weighted by atomic mass is 19.1. The number of aliphatic hydroxyl groups is 1. The maximum absolute atomic E-state index is 15.6. The van der Waals surface area contributed by atoms with Gasteiger partial charge in [0.2, 0.25) is 0 Å². The molecule has 0 bridgehead atoms. The van der Waals surface area contributed by atoms with Crippen molar-refractivity contribution in [1.82, 2.24) is 20.1 Å². The highest BCUT2D eigenvalue weighted by molar-refractivity contribution is 5.63. The molecule has 0 spiro atoms. The zero-order valence-corrected chi connectivity index (χ0v) is 15.9. The van der Waals surface area contributed by atoms with Crippen molar-refractivity contribution in [2.75, 3.05) is 20.2 Å². The molecule has 28 heavy (non-hydrogen) atoms. The van der Waals surface area contributed by atoms with Crippen LogP contribution in [0.25, 0.3) is 16.9 Å². The lowest BCUT2D eigenvalue weighted by Crippen LogP contribution is -2.40. The summed E-state index contributed by atoms with van der Waals surface area (Å²) in [4.78, 5) is 4.30. The molecule has 7 heteroatoms. The molecule has 4 rings (SSSR count). The predicted molar refractivity (Wildman–Crippen MR) is 104 cm³/mol. The van der Waals surface area contributed by atoms with E-state index < -0.39 is 11.4 Å². The van der Waals surface area contributed by atoms with Crippen LogP contribution in [0.3, 0.4) is 0 Å². The van der Waals surface area contributed by atoms with E-state index in [1.54, 1.807) is 25.4 Å². The van der Waals surface area contributed by atoms with Crippen molar-refractivity contribution in [2.24, 2.45) is 0 Å². The first-order valence-corrected chi connectivity index (χ1v) is 9.31. The number of benzene rings is 1. The number of methoxy groups -OCH3 is 1. The first-order chi connectivity index (χ1) is 13.5. The zero-order chi connectivity index (χ0) is 19.7. The summed E-state index contributed by atoms with van der Waals surface area (Å²) in [5.41, 5.74) is 1.21. The maximum atomic E-state index is 15.6. The molecule has 3 aromatic rings. The van der Waals surface area contributed by atoms with Gasteiger partial charge in [0.25, 0.3) is 0 Å². The number of halogens is 1. The minimum Gasteiger partial charge on any atom is -0.497 e. The topological polar surface area (TPSA) is 72.2 Å². The van der Waals surface area contributed by atoms with Crippen molar-refractivity contribution in [3.63, 3.8) is 0 Å². The van der Waals surface area contributed by atoms with E-state index >= 15 is 4.39 Å². The normalized spacial score (nSPS) is 16.1. The molecule has 0 atom stereocenters. The van der Waals surface area contributed by atoms with Gasteiger partial charge in [0.15, 0.2) is 5.82 Å². The number of ether oxygens (including phenoxy) is 1. The Morgan fingerprint density at radius 1 is 1.14 bits per heavy atom. The number of piperidine rings is 1. The van der Waals surface area contributed by atoms with Gasteiger partial charge in [-0.2, -0.15) is 5.10 Å². The monoisotopic (exact) mass is 382 g/mol. The Labute approximate surface area is 163 Å². The van der Waals surface area contributed by atoms with Crippen LogP contribution in [0, 0.1) is 12.7 Å². The van der Waals surface area contributed by atoms with Gasteiger partial charge in [-0.3, -0.25) is 4.98 Å². The van der Waals surface area contributed by atoms with Crippen LogP contribution in [0.4, 0.5) is 4.39 Å². The molecule has 1 fully saturated rings. The Balaban J connectivity index is 1.89. The minimum atomic E-state index is -1.29. The van der Waals surface area contributed by atoms with Crippen LogP contribution in [-0.2, 0) is 5.60 Å². The number of nitrogens with zero attached hydrogens (tertiary/aromatic N) is 3. The SMILES string of the molecule is COc1ccc(-n2nc(C3(O)CCNCC3)c(F)c2-c2ccc(C)nc2)cc1. The molecule has 2 N–H and O–H groups in total. The van der Waals surface area contributed by atoms with Crippen molar-refractivity contribution in [1.29, 1.82) is 0 Å². The summed E-state index contributed by atoms with van der Waals surface area (Å²) in [6.07, 6.45) is 2.45. The average molecular weight is 382 g/mol. The number of aryl methyl sites for hydroxylation is 1. The van der Waals surface area contributed by atoms with E-state index in [1.807, 2.05) is 31.2 Å². The molecular weight excluding hydrogens is 359 g/mol. The van der Waals surface area contributed by atoms with Gasteiger partial charge in [0.05, 0.1) is 12.8 Å². The third kappa shape index (κ3) is 3.27. The van der Waals surface area contributed by atoms with Crippen molar-refractivity contribution < 1.29 is 14.2 Å². The molecule has 0 unspecified atom stereocenters. The fraction of sp³-hybridized carbons (Fsp3) is 0.333. The van der Waals surface area contributed by atoms with Crippen molar-refractivity contribution >= 4 is 0 Å². The molecule has 0 saturated carbocycles. The Morgan fingerprint density at radius 2 is 1.86 bits per heavy atom. The molecule has 0 amide bonds. The van der Waals surface area contributed by atoms with Crippen LogP contribution in [0.15, 0.2) is 42.6 Å². The zero-order valence-electron chi connectivity index (χ0n) is 15.9. The first-order valence-electron chi connectivity index (χ1n) is 9.31. The van der Waals surface area contributed by atoms with Gasteiger partial charge in [-0.1, -0.05) is 0 Å². The fourth-order valence-corrected chi connectivity index (χ4v) is 3.54. The summed E-state index contributed by atoms with van der Waals surface area (Å²) in [5, 5.41) is 18.8. The van der Waals surface area contributed by atoms with Gasteiger partial charge in [-0.05, 0) is 69.3 Å². The van der Waals surface area contributed by atoms with Crippen LogP contribution in [-0.4, -0.2) is 40.1 Å². The Bertz CT molecular complexity index is 961. The number of aromatic nitrogens is 3. The van der Waals surface area contributed by atoms with Crippen molar-refractivity contribution in [3.05, 3.63) is 59.8 Å². The number of hydrogen-bond acceptors (Lipinski definition) is 5. The van der Waals surface area contributed by atoms with Crippen LogP contribution in [0.1, 0.15) is 24.2 Å². The lowest BCUT2D eigenvalue weighted by molar-refractivity contribution is -0.00148. The highest BCUT2D eigenvalue weighted by Crippen LogP contribution is 2.37. The van der Waals surface area contributed by atoms with E-state index in [9.17, 15) is 5.11 Å². The number of rotatable bonds is 4. The van der Waals surface area contributed by atoms with Crippen LogP contribution in [0.2, 0.25) is 0 Å². The van der Waals surface area contributed by atoms with Gasteiger partial charge in [0, 0.05) is 17.5 Å². The third-order valence-electron chi connectivity index (χ3n) is 5.20. The first kappa shape index (κ1) is 18.6. The molecule has 3 heterocycles. The van der Waals surface area contributed by atoms with Crippen LogP contribution >= 0.6 is 0 Å². The second-order valence-electron chi connectivity index (χ2n) is 7.09. The Morgan fingerprint density at radius 3 is 2.46 bits per heavy atom. The standard InChI is InChI=1S/C21H23FN4O2/c1-14-3-4-15(13-24-14)19-18(22)20(21(27)9-11-23-12-10-21)25-26(19)16-5-7-17(28-2)8-6-16/h3-8,13,23,27H,9-12H2,1-2H3. The molecule has 2 aromatic heterocycles. The molecule has 0 radical (unpaired) electrons.